The van der Waals surface area contributed by atoms with E-state index in [1.165, 1.54) is 11.1 Å². The minimum atomic E-state index is -0.673. The zero-order chi connectivity index (χ0) is 26.9. The molecule has 0 aromatic heterocycles. The highest BCUT2D eigenvalue weighted by atomic mass is 16.5. The number of rotatable bonds is 14. The molecule has 0 aliphatic heterocycles. The van der Waals surface area contributed by atoms with Gasteiger partial charge in [-0.1, -0.05) is 13.8 Å². The van der Waals surface area contributed by atoms with Crippen molar-refractivity contribution in [3.63, 3.8) is 0 Å². The minimum absolute atomic E-state index is 0.102. The first-order chi connectivity index (χ1) is 17.2. The molecule has 2 aromatic carbocycles. The average Bonchev–Trinajstić information content (AvgIpc) is 2.89. The van der Waals surface area contributed by atoms with Gasteiger partial charge >= 0.3 is 0 Å². The van der Waals surface area contributed by atoms with E-state index in [0.29, 0.717) is 17.2 Å². The second-order valence-corrected chi connectivity index (χ2v) is 9.44. The van der Waals surface area contributed by atoms with Gasteiger partial charge in [0.05, 0.1) is 47.0 Å². The molecule has 0 aliphatic rings. The molecule has 7 nitrogen and oxygen atoms in total. The van der Waals surface area contributed by atoms with E-state index in [-0.39, 0.29) is 5.92 Å². The number of nitrogens with zero attached hydrogens (tertiary/aromatic N) is 2. The Labute approximate surface area is 216 Å². The second kappa shape index (κ2) is 13.3. The van der Waals surface area contributed by atoms with Gasteiger partial charge in [-0.3, -0.25) is 0 Å². The van der Waals surface area contributed by atoms with Gasteiger partial charge in [0.1, 0.15) is 0 Å². The maximum atomic E-state index is 10.4. The van der Waals surface area contributed by atoms with Crippen molar-refractivity contribution >= 4 is 0 Å². The molecule has 2 aromatic rings. The molecule has 7 heteroatoms. The molecule has 0 N–H and O–H groups in total. The van der Waals surface area contributed by atoms with Crippen molar-refractivity contribution in [2.75, 3.05) is 55.7 Å². The summed E-state index contributed by atoms with van der Waals surface area (Å²) >= 11 is 0. The first-order valence-corrected chi connectivity index (χ1v) is 12.3. The number of methoxy groups -OCH3 is 5. The smallest absolute Gasteiger partial charge is 0.203 e. The van der Waals surface area contributed by atoms with Crippen LogP contribution in [0.3, 0.4) is 0 Å². The Hall–Kier alpha value is -3.11. The summed E-state index contributed by atoms with van der Waals surface area (Å²) in [7, 11) is 10.2. The molecule has 0 bridgehead atoms. The van der Waals surface area contributed by atoms with Crippen LogP contribution < -0.4 is 23.7 Å². The van der Waals surface area contributed by atoms with Gasteiger partial charge in [0.25, 0.3) is 0 Å². The van der Waals surface area contributed by atoms with Crippen LogP contribution in [0.1, 0.15) is 43.4 Å². The fourth-order valence-corrected chi connectivity index (χ4v) is 4.70. The Morgan fingerprint density at radius 1 is 0.833 bits per heavy atom. The van der Waals surface area contributed by atoms with E-state index in [2.05, 4.69) is 44.9 Å². The van der Waals surface area contributed by atoms with Crippen molar-refractivity contribution in [3.8, 4) is 34.8 Å². The van der Waals surface area contributed by atoms with Crippen molar-refractivity contribution in [1.82, 2.24) is 4.90 Å². The minimum Gasteiger partial charge on any atom is -0.493 e. The summed E-state index contributed by atoms with van der Waals surface area (Å²) < 4.78 is 27.5. The fraction of sp³-hybridized carbons (Fsp3) is 0.552. The molecule has 0 saturated carbocycles. The number of ether oxygens (including phenoxy) is 5. The molecule has 0 saturated heterocycles. The molecule has 1 unspecified atom stereocenters. The number of benzene rings is 2. The Morgan fingerprint density at radius 3 is 1.86 bits per heavy atom. The summed E-state index contributed by atoms with van der Waals surface area (Å²) in [5.74, 6) is 3.26. The summed E-state index contributed by atoms with van der Waals surface area (Å²) in [6.45, 7) is 8.07. The highest BCUT2D eigenvalue weighted by molar-refractivity contribution is 5.56. The highest BCUT2D eigenvalue weighted by Gasteiger charge is 2.37. The lowest BCUT2D eigenvalue weighted by atomic mass is 9.69. The summed E-state index contributed by atoms with van der Waals surface area (Å²) in [6.07, 6.45) is 2.51. The predicted octanol–water partition coefficient (Wildman–Crippen LogP) is 5.41. The van der Waals surface area contributed by atoms with Crippen molar-refractivity contribution in [3.05, 3.63) is 41.0 Å². The lowest BCUT2D eigenvalue weighted by Gasteiger charge is -2.33. The molecule has 198 valence electrons. The molecule has 2 rings (SSSR count). The zero-order valence-corrected chi connectivity index (χ0v) is 23.4. The number of hydrogen-bond acceptors (Lipinski definition) is 7. The first-order valence-electron chi connectivity index (χ1n) is 12.3. The van der Waals surface area contributed by atoms with Crippen molar-refractivity contribution < 1.29 is 23.7 Å². The van der Waals surface area contributed by atoms with E-state index in [9.17, 15) is 5.26 Å². The molecular weight excluding hydrogens is 456 g/mol. The third kappa shape index (κ3) is 6.36. The van der Waals surface area contributed by atoms with Crippen LogP contribution in [0.25, 0.3) is 0 Å². The largest absolute Gasteiger partial charge is 0.493 e. The number of likely N-dealkylation sites (N-methyl/N-ethyl adjacent to an activating group) is 1. The molecular formula is C29H42N2O5. The topological polar surface area (TPSA) is 73.2 Å². The summed E-state index contributed by atoms with van der Waals surface area (Å²) in [6, 6.07) is 10.5. The van der Waals surface area contributed by atoms with Gasteiger partial charge in [0.2, 0.25) is 5.75 Å². The van der Waals surface area contributed by atoms with E-state index in [0.717, 1.165) is 49.4 Å². The molecule has 0 amide bonds. The zero-order valence-electron chi connectivity index (χ0n) is 23.4. The Balaban J connectivity index is 2.14. The maximum Gasteiger partial charge on any atom is 0.203 e. The predicted molar refractivity (Wildman–Crippen MR) is 143 cm³/mol. The second-order valence-electron chi connectivity index (χ2n) is 9.44. The van der Waals surface area contributed by atoms with Gasteiger partial charge in [-0.2, -0.15) is 5.26 Å². The maximum absolute atomic E-state index is 10.4. The van der Waals surface area contributed by atoms with Crippen LogP contribution in [0.4, 0.5) is 0 Å². The SMILES string of the molecule is COc1cc(C)c(CCN(C)CCCC(C#N)(c2cc(OC)c(OC)c(OC)c2)C(C)C)cc1OC. The molecule has 0 heterocycles. The number of aryl methyl sites for hydroxylation is 1. The Kier molecular flexibility index (Phi) is 10.7. The van der Waals surface area contributed by atoms with Crippen LogP contribution in [0.15, 0.2) is 24.3 Å². The molecule has 0 aliphatic carbocycles. The summed E-state index contributed by atoms with van der Waals surface area (Å²) in [5.41, 5.74) is 2.64. The highest BCUT2D eigenvalue weighted by Crippen LogP contribution is 2.45. The van der Waals surface area contributed by atoms with Gasteiger partial charge < -0.3 is 28.6 Å². The van der Waals surface area contributed by atoms with E-state index in [4.69, 9.17) is 23.7 Å². The third-order valence-electron chi connectivity index (χ3n) is 7.08. The van der Waals surface area contributed by atoms with Gasteiger partial charge in [0, 0.05) is 6.54 Å². The van der Waals surface area contributed by atoms with Crippen LogP contribution in [0.2, 0.25) is 0 Å². The van der Waals surface area contributed by atoms with Crippen LogP contribution in [-0.4, -0.2) is 60.6 Å². The normalized spacial score (nSPS) is 12.7. The van der Waals surface area contributed by atoms with Crippen molar-refractivity contribution in [2.24, 2.45) is 5.92 Å². The Morgan fingerprint density at radius 2 is 1.39 bits per heavy atom. The van der Waals surface area contributed by atoms with Crippen molar-refractivity contribution in [2.45, 2.75) is 45.4 Å². The monoisotopic (exact) mass is 498 g/mol. The standard InChI is InChI=1S/C29H42N2O5/c1-20(2)29(19-30,23-17-26(34-7)28(36-9)27(18-23)35-8)12-10-13-31(4)14-11-22-16-25(33-6)24(32-5)15-21(22)3/h15-18,20H,10-14H2,1-9H3. The molecule has 0 spiro atoms. The van der Waals surface area contributed by atoms with Gasteiger partial charge in [-0.05, 0) is 86.7 Å². The van der Waals surface area contributed by atoms with Gasteiger partial charge in [-0.15, -0.1) is 0 Å². The van der Waals surface area contributed by atoms with Crippen LogP contribution in [0, 0.1) is 24.2 Å². The fourth-order valence-electron chi connectivity index (χ4n) is 4.70. The van der Waals surface area contributed by atoms with E-state index >= 15 is 0 Å². The van der Waals surface area contributed by atoms with Crippen molar-refractivity contribution in [1.29, 1.82) is 5.26 Å². The lowest BCUT2D eigenvalue weighted by molar-refractivity contribution is 0.290. The van der Waals surface area contributed by atoms with Gasteiger partial charge in [-0.25, -0.2) is 0 Å². The average molecular weight is 499 g/mol. The molecule has 1 atom stereocenters. The summed E-state index contributed by atoms with van der Waals surface area (Å²) in [4.78, 5) is 2.31. The molecule has 0 fully saturated rings. The van der Waals surface area contributed by atoms with Crippen LogP contribution in [-0.2, 0) is 11.8 Å². The summed E-state index contributed by atoms with van der Waals surface area (Å²) in [5, 5.41) is 10.4. The van der Waals surface area contributed by atoms with Crippen LogP contribution in [0.5, 0.6) is 28.7 Å². The van der Waals surface area contributed by atoms with Gasteiger partial charge in [0.15, 0.2) is 23.0 Å². The quantitative estimate of drug-likeness (QED) is 0.345. The molecule has 0 radical (unpaired) electrons. The first kappa shape index (κ1) is 29.1. The van der Waals surface area contributed by atoms with E-state index in [1.54, 1.807) is 35.5 Å². The third-order valence-corrected chi connectivity index (χ3v) is 7.08. The van der Waals surface area contributed by atoms with E-state index in [1.807, 2.05) is 18.2 Å². The number of nitriles is 1. The number of hydrogen-bond donors (Lipinski definition) is 0. The van der Waals surface area contributed by atoms with E-state index < -0.39 is 5.41 Å². The molecule has 36 heavy (non-hydrogen) atoms. The lowest BCUT2D eigenvalue weighted by Crippen LogP contribution is -2.32. The Bertz CT molecular complexity index is 1020. The van der Waals surface area contributed by atoms with Crippen LogP contribution >= 0.6 is 0 Å².